The predicted molar refractivity (Wildman–Crippen MR) is 85.8 cm³/mol. The summed E-state index contributed by atoms with van der Waals surface area (Å²) in [7, 11) is 0. The van der Waals surface area contributed by atoms with E-state index in [9.17, 15) is 9.59 Å². The van der Waals surface area contributed by atoms with Crippen molar-refractivity contribution in [3.05, 3.63) is 0 Å². The van der Waals surface area contributed by atoms with Crippen LogP contribution in [0.5, 0.6) is 0 Å². The second-order valence-electron chi connectivity index (χ2n) is 4.77. The molecule has 1 heterocycles. The van der Waals surface area contributed by atoms with E-state index in [-0.39, 0.29) is 25.7 Å². The summed E-state index contributed by atoms with van der Waals surface area (Å²) >= 11 is 0. The van der Waals surface area contributed by atoms with Crippen LogP contribution in [0.2, 0.25) is 0 Å². The lowest BCUT2D eigenvalue weighted by molar-refractivity contribution is -0.153. The summed E-state index contributed by atoms with van der Waals surface area (Å²) in [5.74, 6) is -1.07. The molecule has 1 unspecified atom stereocenters. The molecule has 1 rings (SSSR count). The highest BCUT2D eigenvalue weighted by atomic mass is 16.6. The van der Waals surface area contributed by atoms with Gasteiger partial charge in [0, 0.05) is 0 Å². The Hall–Kier alpha value is -1.22. The van der Waals surface area contributed by atoms with Crippen LogP contribution in [-0.4, -0.2) is 77.5 Å². The van der Waals surface area contributed by atoms with Crippen molar-refractivity contribution in [2.24, 2.45) is 0 Å². The lowest BCUT2D eigenvalue weighted by atomic mass is 10.4. The van der Waals surface area contributed by atoms with Crippen molar-refractivity contribution in [2.45, 2.75) is 33.3 Å². The Labute approximate surface area is 143 Å². The molecule has 1 aliphatic rings. The van der Waals surface area contributed by atoms with E-state index in [0.29, 0.717) is 46.2 Å². The monoisotopic (exact) mass is 350 g/mol. The molecule has 0 amide bonds. The molecule has 1 aliphatic heterocycles. The third kappa shape index (κ3) is 15.7. The summed E-state index contributed by atoms with van der Waals surface area (Å²) in [4.78, 5) is 21.2. The van der Waals surface area contributed by atoms with Gasteiger partial charge in [-0.25, -0.2) is 0 Å². The average molecular weight is 350 g/mol. The Balaban J connectivity index is 0.000000449. The molecule has 24 heavy (non-hydrogen) atoms. The molecule has 8 nitrogen and oxygen atoms in total. The zero-order valence-electron chi connectivity index (χ0n) is 14.9. The van der Waals surface area contributed by atoms with Crippen molar-refractivity contribution < 1.29 is 38.0 Å². The zero-order chi connectivity index (χ0) is 18.0. The fourth-order valence-electron chi connectivity index (χ4n) is 1.59. The number of esters is 2. The van der Waals surface area contributed by atoms with Crippen LogP contribution >= 0.6 is 0 Å². The molecule has 0 radical (unpaired) electrons. The van der Waals surface area contributed by atoms with Crippen molar-refractivity contribution in [1.29, 1.82) is 0 Å². The van der Waals surface area contributed by atoms with Crippen molar-refractivity contribution in [1.82, 2.24) is 0 Å². The second kappa shape index (κ2) is 16.6. The maximum Gasteiger partial charge on any atom is 0.317 e. The highest BCUT2D eigenvalue weighted by molar-refractivity contribution is 5.91. The molecule has 0 spiro atoms. The maximum atomic E-state index is 10.6. The second-order valence-corrected chi connectivity index (χ2v) is 4.77. The standard InChI is InChI=1S/C9H18O4.C7H12O4/c1-9-8-12-5-4-10-2-3-11-6-7-13-9;1-3-10-6(8)5-7(9)11-4-2/h9H,2-8H2,1H3;3-5H2,1-2H3. The first kappa shape index (κ1) is 22.8. The molecule has 8 heteroatoms. The van der Waals surface area contributed by atoms with Crippen LogP contribution in [0, 0.1) is 0 Å². The third-order valence-corrected chi connectivity index (χ3v) is 2.63. The average Bonchev–Trinajstić information content (AvgIpc) is 2.52. The van der Waals surface area contributed by atoms with Crippen molar-refractivity contribution in [3.8, 4) is 0 Å². The number of ether oxygens (including phenoxy) is 6. The first-order chi connectivity index (χ1) is 11.6. The van der Waals surface area contributed by atoms with Gasteiger partial charge >= 0.3 is 11.9 Å². The van der Waals surface area contributed by atoms with E-state index in [1.54, 1.807) is 13.8 Å². The minimum atomic E-state index is -0.536. The normalized spacial score (nSPS) is 19.7. The predicted octanol–water partition coefficient (Wildman–Crippen LogP) is 0.958. The van der Waals surface area contributed by atoms with Gasteiger partial charge in [0.25, 0.3) is 0 Å². The molecular weight excluding hydrogens is 320 g/mol. The summed E-state index contributed by atoms with van der Waals surface area (Å²) in [6.45, 7) is 10.4. The van der Waals surface area contributed by atoms with Crippen LogP contribution in [0.15, 0.2) is 0 Å². The molecule has 0 aromatic rings. The molecule has 0 N–H and O–H groups in total. The quantitative estimate of drug-likeness (QED) is 0.547. The van der Waals surface area contributed by atoms with Gasteiger partial charge in [0.1, 0.15) is 6.42 Å². The van der Waals surface area contributed by atoms with Gasteiger partial charge in [-0.05, 0) is 20.8 Å². The smallest absolute Gasteiger partial charge is 0.317 e. The van der Waals surface area contributed by atoms with Crippen molar-refractivity contribution in [2.75, 3.05) is 59.5 Å². The SMILES string of the molecule is CC1COCCOCCOCCO1.CCOC(=O)CC(=O)OCC. The number of carbonyl (C=O) groups excluding carboxylic acids is 2. The Kier molecular flexibility index (Phi) is 15.8. The van der Waals surface area contributed by atoms with Gasteiger partial charge in [-0.15, -0.1) is 0 Å². The van der Waals surface area contributed by atoms with Gasteiger partial charge in [0.05, 0.1) is 65.6 Å². The summed E-state index contributed by atoms with van der Waals surface area (Å²) in [6.07, 6.45) is -0.148. The molecule has 1 saturated heterocycles. The Morgan fingerprint density at radius 3 is 1.79 bits per heavy atom. The maximum absolute atomic E-state index is 10.6. The fourth-order valence-corrected chi connectivity index (χ4v) is 1.59. The minimum Gasteiger partial charge on any atom is -0.466 e. The van der Waals surface area contributed by atoms with Crippen LogP contribution < -0.4 is 0 Å². The number of carbonyl (C=O) groups is 2. The van der Waals surface area contributed by atoms with Gasteiger partial charge < -0.3 is 28.4 Å². The molecule has 1 atom stereocenters. The van der Waals surface area contributed by atoms with Crippen LogP contribution in [0.1, 0.15) is 27.2 Å². The lowest BCUT2D eigenvalue weighted by Crippen LogP contribution is -2.22. The molecule has 0 saturated carbocycles. The highest BCUT2D eigenvalue weighted by Gasteiger charge is 2.09. The van der Waals surface area contributed by atoms with E-state index in [2.05, 4.69) is 9.47 Å². The van der Waals surface area contributed by atoms with Crippen molar-refractivity contribution >= 4 is 11.9 Å². The van der Waals surface area contributed by atoms with Crippen molar-refractivity contribution in [3.63, 3.8) is 0 Å². The van der Waals surface area contributed by atoms with Crippen LogP contribution in [0.25, 0.3) is 0 Å². The number of hydrogen-bond acceptors (Lipinski definition) is 8. The molecule has 1 fully saturated rings. The Bertz CT molecular complexity index is 293. The van der Waals surface area contributed by atoms with Crippen LogP contribution in [-0.2, 0) is 38.0 Å². The summed E-state index contributed by atoms with van der Waals surface area (Å²) in [6, 6.07) is 0. The summed E-state index contributed by atoms with van der Waals surface area (Å²) in [5, 5.41) is 0. The largest absolute Gasteiger partial charge is 0.466 e. The van der Waals surface area contributed by atoms with Gasteiger partial charge in [-0.1, -0.05) is 0 Å². The van der Waals surface area contributed by atoms with E-state index >= 15 is 0 Å². The highest BCUT2D eigenvalue weighted by Crippen LogP contribution is 1.94. The fraction of sp³-hybridized carbons (Fsp3) is 0.875. The molecule has 0 aliphatic carbocycles. The summed E-state index contributed by atoms with van der Waals surface area (Å²) in [5.41, 5.74) is 0. The first-order valence-corrected chi connectivity index (χ1v) is 8.26. The molecule has 142 valence electrons. The first-order valence-electron chi connectivity index (χ1n) is 8.26. The molecule has 0 aromatic carbocycles. The van der Waals surface area contributed by atoms with Crippen LogP contribution in [0.4, 0.5) is 0 Å². The summed E-state index contributed by atoms with van der Waals surface area (Å²) < 4.78 is 30.3. The molecule has 0 aromatic heterocycles. The number of hydrogen-bond donors (Lipinski definition) is 0. The molecule has 0 bridgehead atoms. The van der Waals surface area contributed by atoms with Gasteiger partial charge in [0.2, 0.25) is 0 Å². The van der Waals surface area contributed by atoms with E-state index < -0.39 is 11.9 Å². The topological polar surface area (TPSA) is 89.5 Å². The Morgan fingerprint density at radius 2 is 1.29 bits per heavy atom. The van der Waals surface area contributed by atoms with E-state index in [4.69, 9.17) is 18.9 Å². The van der Waals surface area contributed by atoms with Gasteiger partial charge in [-0.3, -0.25) is 9.59 Å². The number of rotatable bonds is 4. The van der Waals surface area contributed by atoms with E-state index in [0.717, 1.165) is 0 Å². The van der Waals surface area contributed by atoms with Gasteiger partial charge in [-0.2, -0.15) is 0 Å². The minimum absolute atomic E-state index is 0.142. The van der Waals surface area contributed by atoms with Gasteiger partial charge in [0.15, 0.2) is 0 Å². The molecular formula is C16H30O8. The zero-order valence-corrected chi connectivity index (χ0v) is 14.9. The van der Waals surface area contributed by atoms with E-state index in [1.807, 2.05) is 6.92 Å². The lowest BCUT2D eigenvalue weighted by Gasteiger charge is -2.15. The van der Waals surface area contributed by atoms with Crippen LogP contribution in [0.3, 0.4) is 0 Å². The third-order valence-electron chi connectivity index (χ3n) is 2.63. The Morgan fingerprint density at radius 1 is 0.833 bits per heavy atom. The van der Waals surface area contributed by atoms with E-state index in [1.165, 1.54) is 0 Å².